The van der Waals surface area contributed by atoms with Gasteiger partial charge in [0.15, 0.2) is 5.82 Å². The average Bonchev–Trinajstić information content (AvgIpc) is 2.81. The first-order valence-electron chi connectivity index (χ1n) is 5.81. The third-order valence-electron chi connectivity index (χ3n) is 2.83. The number of nitrogens with two attached hydrogens (primary N) is 1. The third-order valence-corrected chi connectivity index (χ3v) is 2.83. The Balaban J connectivity index is 2.48. The Morgan fingerprint density at radius 3 is 2.65 bits per heavy atom. The van der Waals surface area contributed by atoms with Crippen molar-refractivity contribution in [3.63, 3.8) is 0 Å². The molecule has 0 aromatic carbocycles. The van der Waals surface area contributed by atoms with Gasteiger partial charge in [0.25, 0.3) is 0 Å². The van der Waals surface area contributed by atoms with E-state index in [1.54, 1.807) is 6.20 Å². The molecule has 2 rings (SSSR count). The van der Waals surface area contributed by atoms with Crippen LogP contribution in [0.5, 0.6) is 0 Å². The van der Waals surface area contributed by atoms with Crippen LogP contribution in [0.2, 0.25) is 0 Å². The zero-order chi connectivity index (χ0) is 12.4. The van der Waals surface area contributed by atoms with Crippen LogP contribution >= 0.6 is 0 Å². The molecular formula is C12H17N5. The molecule has 2 heterocycles. The van der Waals surface area contributed by atoms with Crippen LogP contribution in [0.15, 0.2) is 12.4 Å². The molecular weight excluding hydrogens is 214 g/mol. The van der Waals surface area contributed by atoms with Gasteiger partial charge in [0.2, 0.25) is 0 Å². The third kappa shape index (κ3) is 2.13. The first-order valence-corrected chi connectivity index (χ1v) is 5.81. The van der Waals surface area contributed by atoms with Crippen molar-refractivity contribution < 1.29 is 0 Å². The highest BCUT2D eigenvalue weighted by Gasteiger charge is 2.10. The lowest BCUT2D eigenvalue weighted by molar-refractivity contribution is 0.660. The Bertz CT molecular complexity index is 530. The molecule has 0 aliphatic rings. The molecule has 2 aromatic rings. The number of hydrogen-bond donors (Lipinski definition) is 1. The molecule has 0 amide bonds. The zero-order valence-corrected chi connectivity index (χ0v) is 10.4. The van der Waals surface area contributed by atoms with Crippen molar-refractivity contribution in [3.05, 3.63) is 23.7 Å². The fraction of sp³-hybridized carbons (Fsp3) is 0.417. The predicted molar refractivity (Wildman–Crippen MR) is 67.5 cm³/mol. The van der Waals surface area contributed by atoms with E-state index in [2.05, 4.69) is 22.0 Å². The van der Waals surface area contributed by atoms with Crippen LogP contribution in [-0.4, -0.2) is 19.7 Å². The Kier molecular flexibility index (Phi) is 3.08. The molecule has 0 unspecified atom stereocenters. The molecule has 2 N–H and O–H groups in total. The number of aromatic nitrogens is 4. The van der Waals surface area contributed by atoms with Crippen LogP contribution in [0.4, 0.5) is 5.82 Å². The van der Waals surface area contributed by atoms with Gasteiger partial charge in [-0.05, 0) is 20.3 Å². The molecule has 17 heavy (non-hydrogen) atoms. The predicted octanol–water partition coefficient (Wildman–Crippen LogP) is 1.81. The molecule has 0 bridgehead atoms. The molecule has 90 valence electrons. The van der Waals surface area contributed by atoms with Gasteiger partial charge in [-0.1, -0.05) is 6.92 Å². The van der Waals surface area contributed by atoms with Crippen molar-refractivity contribution >= 4 is 5.82 Å². The largest absolute Gasteiger partial charge is 0.383 e. The highest BCUT2D eigenvalue weighted by Crippen LogP contribution is 2.19. The maximum Gasteiger partial charge on any atom is 0.164 e. The van der Waals surface area contributed by atoms with Crippen molar-refractivity contribution in [2.45, 2.75) is 33.7 Å². The Morgan fingerprint density at radius 1 is 1.29 bits per heavy atom. The summed E-state index contributed by atoms with van der Waals surface area (Å²) >= 11 is 0. The number of nitrogen functional groups attached to an aromatic ring is 1. The van der Waals surface area contributed by atoms with Crippen molar-refractivity contribution in [2.24, 2.45) is 0 Å². The normalized spacial score (nSPS) is 10.8. The second-order valence-electron chi connectivity index (χ2n) is 3.94. The van der Waals surface area contributed by atoms with Crippen LogP contribution in [-0.2, 0) is 13.0 Å². The summed E-state index contributed by atoms with van der Waals surface area (Å²) in [7, 11) is 0. The van der Waals surface area contributed by atoms with E-state index in [0.29, 0.717) is 11.6 Å². The molecule has 0 aliphatic heterocycles. The fourth-order valence-corrected chi connectivity index (χ4v) is 1.71. The van der Waals surface area contributed by atoms with E-state index in [1.807, 2.05) is 24.7 Å². The number of aryl methyl sites for hydroxylation is 2. The van der Waals surface area contributed by atoms with E-state index < -0.39 is 0 Å². The first kappa shape index (κ1) is 11.6. The van der Waals surface area contributed by atoms with E-state index in [9.17, 15) is 0 Å². The van der Waals surface area contributed by atoms with Crippen LogP contribution in [0, 0.1) is 6.92 Å². The van der Waals surface area contributed by atoms with E-state index in [1.165, 1.54) is 0 Å². The number of nitrogens with zero attached hydrogens (tertiary/aromatic N) is 4. The number of hydrogen-bond acceptors (Lipinski definition) is 4. The summed E-state index contributed by atoms with van der Waals surface area (Å²) in [6, 6.07) is 0. The maximum absolute atomic E-state index is 5.90. The molecule has 0 saturated heterocycles. The molecule has 5 heteroatoms. The standard InChI is InChI=1S/C12H17N5/c1-4-10-8(3)11(13)16-12(15-10)9-6-14-17(5-2)7-9/h6-7H,4-5H2,1-3H3,(H2,13,15,16). The quantitative estimate of drug-likeness (QED) is 0.874. The monoisotopic (exact) mass is 231 g/mol. The van der Waals surface area contributed by atoms with Crippen LogP contribution in [0.25, 0.3) is 11.4 Å². The average molecular weight is 231 g/mol. The van der Waals surface area contributed by atoms with Crippen molar-refractivity contribution in [1.82, 2.24) is 19.7 Å². The van der Waals surface area contributed by atoms with Gasteiger partial charge in [-0.15, -0.1) is 0 Å². The van der Waals surface area contributed by atoms with E-state index >= 15 is 0 Å². The summed E-state index contributed by atoms with van der Waals surface area (Å²) in [5.41, 5.74) is 8.77. The summed E-state index contributed by atoms with van der Waals surface area (Å²) < 4.78 is 1.85. The Morgan fingerprint density at radius 2 is 2.06 bits per heavy atom. The summed E-state index contributed by atoms with van der Waals surface area (Å²) in [5, 5.41) is 4.21. The lowest BCUT2D eigenvalue weighted by Gasteiger charge is -2.07. The molecule has 0 atom stereocenters. The second-order valence-corrected chi connectivity index (χ2v) is 3.94. The minimum absolute atomic E-state index is 0.552. The van der Waals surface area contributed by atoms with Gasteiger partial charge in [0.1, 0.15) is 5.82 Å². The molecule has 0 spiro atoms. The van der Waals surface area contributed by atoms with Gasteiger partial charge in [-0.2, -0.15) is 5.10 Å². The van der Waals surface area contributed by atoms with Gasteiger partial charge < -0.3 is 5.73 Å². The Hall–Kier alpha value is -1.91. The fourth-order valence-electron chi connectivity index (χ4n) is 1.71. The van der Waals surface area contributed by atoms with Gasteiger partial charge in [0.05, 0.1) is 11.8 Å². The van der Waals surface area contributed by atoms with Gasteiger partial charge in [-0.3, -0.25) is 4.68 Å². The van der Waals surface area contributed by atoms with Crippen LogP contribution in [0.1, 0.15) is 25.1 Å². The highest BCUT2D eigenvalue weighted by molar-refractivity contribution is 5.56. The summed E-state index contributed by atoms with van der Waals surface area (Å²) in [4.78, 5) is 8.84. The highest BCUT2D eigenvalue weighted by atomic mass is 15.3. The topological polar surface area (TPSA) is 69.6 Å². The van der Waals surface area contributed by atoms with Crippen molar-refractivity contribution in [1.29, 1.82) is 0 Å². The lowest BCUT2D eigenvalue weighted by Crippen LogP contribution is -2.03. The molecule has 0 fully saturated rings. The summed E-state index contributed by atoms with van der Waals surface area (Å²) in [6.07, 6.45) is 4.56. The van der Waals surface area contributed by atoms with E-state index in [0.717, 1.165) is 29.8 Å². The van der Waals surface area contributed by atoms with Gasteiger partial charge in [-0.25, -0.2) is 9.97 Å². The molecule has 2 aromatic heterocycles. The van der Waals surface area contributed by atoms with Gasteiger partial charge >= 0.3 is 0 Å². The molecule has 0 saturated carbocycles. The number of rotatable bonds is 3. The van der Waals surface area contributed by atoms with Crippen LogP contribution < -0.4 is 5.73 Å². The van der Waals surface area contributed by atoms with E-state index in [-0.39, 0.29) is 0 Å². The summed E-state index contributed by atoms with van der Waals surface area (Å²) in [6.45, 7) is 6.89. The lowest BCUT2D eigenvalue weighted by atomic mass is 10.2. The van der Waals surface area contributed by atoms with Crippen molar-refractivity contribution in [2.75, 3.05) is 5.73 Å². The summed E-state index contributed by atoms with van der Waals surface area (Å²) in [5.74, 6) is 1.21. The maximum atomic E-state index is 5.90. The zero-order valence-electron chi connectivity index (χ0n) is 10.4. The van der Waals surface area contributed by atoms with Crippen LogP contribution in [0.3, 0.4) is 0 Å². The second kappa shape index (κ2) is 4.53. The minimum atomic E-state index is 0.552. The molecule has 5 nitrogen and oxygen atoms in total. The minimum Gasteiger partial charge on any atom is -0.383 e. The van der Waals surface area contributed by atoms with Crippen molar-refractivity contribution in [3.8, 4) is 11.4 Å². The number of anilines is 1. The molecule has 0 aliphatic carbocycles. The smallest absolute Gasteiger partial charge is 0.164 e. The molecule has 0 radical (unpaired) electrons. The Labute approximate surface area is 101 Å². The SMILES string of the molecule is CCc1nc(-c2cnn(CC)c2)nc(N)c1C. The van der Waals surface area contributed by atoms with Gasteiger partial charge in [0, 0.05) is 24.0 Å². The first-order chi connectivity index (χ1) is 8.15. The van der Waals surface area contributed by atoms with E-state index in [4.69, 9.17) is 5.73 Å².